The van der Waals surface area contributed by atoms with E-state index >= 15 is 0 Å². The van der Waals surface area contributed by atoms with Gasteiger partial charge >= 0.3 is 5.97 Å². The van der Waals surface area contributed by atoms with Crippen molar-refractivity contribution in [2.75, 3.05) is 12.4 Å². The highest BCUT2D eigenvalue weighted by molar-refractivity contribution is 6.02. The van der Waals surface area contributed by atoms with E-state index in [0.717, 1.165) is 0 Å². The van der Waals surface area contributed by atoms with E-state index in [4.69, 9.17) is 9.47 Å². The Kier molecular flexibility index (Phi) is 2.29. The van der Waals surface area contributed by atoms with Crippen molar-refractivity contribution < 1.29 is 19.1 Å². The van der Waals surface area contributed by atoms with Crippen LogP contribution in [0.3, 0.4) is 0 Å². The highest BCUT2D eigenvalue weighted by atomic mass is 16.5. The minimum absolute atomic E-state index is 0.281. The molecule has 94 valence electrons. The second-order valence-electron chi connectivity index (χ2n) is 4.63. The predicted octanol–water partition coefficient (Wildman–Crippen LogP) is 1.34. The Morgan fingerprint density at radius 3 is 2.83 bits per heavy atom. The molecule has 2 aliphatic rings. The topological polar surface area (TPSA) is 64.6 Å². The highest BCUT2D eigenvalue weighted by Crippen LogP contribution is 2.52. The van der Waals surface area contributed by atoms with Gasteiger partial charge < -0.3 is 14.8 Å². The van der Waals surface area contributed by atoms with E-state index in [2.05, 4.69) is 5.32 Å². The van der Waals surface area contributed by atoms with Crippen molar-refractivity contribution in [3.63, 3.8) is 0 Å². The summed E-state index contributed by atoms with van der Waals surface area (Å²) in [6, 6.07) is 7.18. The van der Waals surface area contributed by atoms with Crippen LogP contribution in [0.15, 0.2) is 24.3 Å². The Hall–Kier alpha value is -2.04. The SMILES string of the molecule is COC(=O)C1(C2Oc3ccccc3NC2=O)CC1. The van der Waals surface area contributed by atoms with E-state index in [9.17, 15) is 9.59 Å². The summed E-state index contributed by atoms with van der Waals surface area (Å²) in [5.74, 6) is -0.0593. The Balaban J connectivity index is 1.92. The molecule has 1 aliphatic carbocycles. The van der Waals surface area contributed by atoms with Crippen molar-refractivity contribution in [1.29, 1.82) is 0 Å². The largest absolute Gasteiger partial charge is 0.477 e. The van der Waals surface area contributed by atoms with Gasteiger partial charge in [0.25, 0.3) is 5.91 Å². The summed E-state index contributed by atoms with van der Waals surface area (Å²) in [6.07, 6.45) is 0.458. The maximum Gasteiger partial charge on any atom is 0.316 e. The van der Waals surface area contributed by atoms with E-state index < -0.39 is 11.5 Å². The average molecular weight is 247 g/mol. The summed E-state index contributed by atoms with van der Waals surface area (Å²) in [4.78, 5) is 23.8. The van der Waals surface area contributed by atoms with Crippen LogP contribution in [0.25, 0.3) is 0 Å². The molecule has 0 saturated heterocycles. The van der Waals surface area contributed by atoms with Crippen LogP contribution in [-0.2, 0) is 14.3 Å². The molecule has 3 rings (SSSR count). The van der Waals surface area contributed by atoms with Crippen molar-refractivity contribution in [3.05, 3.63) is 24.3 Å². The van der Waals surface area contributed by atoms with Gasteiger partial charge in [-0.05, 0) is 25.0 Å². The van der Waals surface area contributed by atoms with E-state index in [-0.39, 0.29) is 11.9 Å². The Bertz CT molecular complexity index is 521. The molecule has 1 amide bonds. The number of anilines is 1. The summed E-state index contributed by atoms with van der Waals surface area (Å²) in [5.41, 5.74) is -0.161. The smallest absolute Gasteiger partial charge is 0.316 e. The number of methoxy groups -OCH3 is 1. The molecule has 0 aromatic heterocycles. The van der Waals surface area contributed by atoms with Crippen molar-refractivity contribution in [3.8, 4) is 5.75 Å². The number of hydrogen-bond acceptors (Lipinski definition) is 4. The summed E-state index contributed by atoms with van der Waals surface area (Å²) < 4.78 is 10.4. The first-order chi connectivity index (χ1) is 8.67. The lowest BCUT2D eigenvalue weighted by atomic mass is 9.97. The Morgan fingerprint density at radius 2 is 2.17 bits per heavy atom. The number of rotatable bonds is 2. The zero-order chi connectivity index (χ0) is 12.8. The van der Waals surface area contributed by atoms with Gasteiger partial charge in [-0.3, -0.25) is 9.59 Å². The highest BCUT2D eigenvalue weighted by Gasteiger charge is 2.62. The van der Waals surface area contributed by atoms with Crippen LogP contribution >= 0.6 is 0 Å². The third-order valence-electron chi connectivity index (χ3n) is 3.51. The molecule has 1 heterocycles. The molecule has 1 N–H and O–H groups in total. The molecule has 18 heavy (non-hydrogen) atoms. The van der Waals surface area contributed by atoms with Crippen LogP contribution in [0.1, 0.15) is 12.8 Å². The van der Waals surface area contributed by atoms with Crippen LogP contribution < -0.4 is 10.1 Å². The van der Waals surface area contributed by atoms with Gasteiger partial charge in [0, 0.05) is 0 Å². The summed E-state index contributed by atoms with van der Waals surface area (Å²) in [6.45, 7) is 0. The molecule has 5 nitrogen and oxygen atoms in total. The van der Waals surface area contributed by atoms with Gasteiger partial charge in [-0.15, -0.1) is 0 Å². The number of nitrogens with one attached hydrogen (secondary N) is 1. The van der Waals surface area contributed by atoms with Crippen LogP contribution in [0.4, 0.5) is 5.69 Å². The molecule has 0 bridgehead atoms. The molecule has 0 radical (unpaired) electrons. The fraction of sp³-hybridized carbons (Fsp3) is 0.385. The summed E-state index contributed by atoms with van der Waals surface area (Å²) in [7, 11) is 1.33. The zero-order valence-corrected chi connectivity index (χ0v) is 9.93. The number of fused-ring (bicyclic) bond motifs is 1. The van der Waals surface area contributed by atoms with Crippen LogP contribution in [0.5, 0.6) is 5.75 Å². The van der Waals surface area contributed by atoms with E-state index in [1.165, 1.54) is 7.11 Å². The van der Waals surface area contributed by atoms with Crippen molar-refractivity contribution in [2.45, 2.75) is 18.9 Å². The quantitative estimate of drug-likeness (QED) is 0.801. The first kappa shape index (κ1) is 11.1. The van der Waals surface area contributed by atoms with Crippen molar-refractivity contribution in [1.82, 2.24) is 0 Å². The number of carbonyl (C=O) groups is 2. The molecule has 1 fully saturated rings. The van der Waals surface area contributed by atoms with Crippen LogP contribution in [0.2, 0.25) is 0 Å². The second-order valence-corrected chi connectivity index (χ2v) is 4.63. The molecule has 1 atom stereocenters. The maximum atomic E-state index is 12.0. The Morgan fingerprint density at radius 1 is 1.44 bits per heavy atom. The lowest BCUT2D eigenvalue weighted by molar-refractivity contribution is -0.154. The number of esters is 1. The van der Waals surface area contributed by atoms with Gasteiger partial charge in [0.05, 0.1) is 12.8 Å². The molecule has 1 aromatic rings. The van der Waals surface area contributed by atoms with Gasteiger partial charge in [0.2, 0.25) is 0 Å². The fourth-order valence-electron chi connectivity index (χ4n) is 2.33. The average Bonchev–Trinajstić information content (AvgIpc) is 3.18. The minimum atomic E-state index is -0.799. The normalized spacial score (nSPS) is 23.4. The molecule has 0 spiro atoms. The molecule has 1 saturated carbocycles. The van der Waals surface area contributed by atoms with Gasteiger partial charge in [-0.25, -0.2) is 0 Å². The van der Waals surface area contributed by atoms with Gasteiger partial charge in [-0.2, -0.15) is 0 Å². The molecule has 1 unspecified atom stereocenters. The zero-order valence-electron chi connectivity index (χ0n) is 9.93. The summed E-state index contributed by atoms with van der Waals surface area (Å²) in [5, 5.41) is 2.76. The lowest BCUT2D eigenvalue weighted by Crippen LogP contribution is -2.47. The molecule has 5 heteroatoms. The van der Waals surface area contributed by atoms with Crippen LogP contribution in [0, 0.1) is 5.41 Å². The minimum Gasteiger partial charge on any atom is -0.477 e. The molecular weight excluding hydrogens is 234 g/mol. The number of benzene rings is 1. The van der Waals surface area contributed by atoms with Crippen molar-refractivity contribution in [2.24, 2.45) is 5.41 Å². The van der Waals surface area contributed by atoms with E-state index in [0.29, 0.717) is 24.3 Å². The third-order valence-corrected chi connectivity index (χ3v) is 3.51. The van der Waals surface area contributed by atoms with E-state index in [1.54, 1.807) is 12.1 Å². The monoisotopic (exact) mass is 247 g/mol. The predicted molar refractivity (Wildman–Crippen MR) is 63.2 cm³/mol. The second kappa shape index (κ2) is 3.73. The number of amides is 1. The van der Waals surface area contributed by atoms with Gasteiger partial charge in [0.15, 0.2) is 6.10 Å². The molecular formula is C13H13NO4. The standard InChI is InChI=1S/C13H13NO4/c1-17-12(16)13(6-7-13)10-11(15)14-8-4-2-3-5-9(8)18-10/h2-5,10H,6-7H2,1H3,(H,14,15). The number of carbonyl (C=O) groups excluding carboxylic acids is 2. The van der Waals surface area contributed by atoms with Gasteiger partial charge in [-0.1, -0.05) is 12.1 Å². The van der Waals surface area contributed by atoms with E-state index in [1.807, 2.05) is 12.1 Å². The molecule has 1 aromatic carbocycles. The number of hydrogen-bond donors (Lipinski definition) is 1. The fourth-order valence-corrected chi connectivity index (χ4v) is 2.33. The van der Waals surface area contributed by atoms with Crippen molar-refractivity contribution >= 4 is 17.6 Å². The third kappa shape index (κ3) is 1.47. The maximum absolute atomic E-state index is 12.0. The Labute approximate surface area is 104 Å². The number of para-hydroxylation sites is 2. The first-order valence-corrected chi connectivity index (χ1v) is 5.82. The number of ether oxygens (including phenoxy) is 2. The molecule has 1 aliphatic heterocycles. The summed E-state index contributed by atoms with van der Waals surface area (Å²) >= 11 is 0. The first-order valence-electron chi connectivity index (χ1n) is 5.82. The lowest BCUT2D eigenvalue weighted by Gasteiger charge is -2.30. The van der Waals surface area contributed by atoms with Gasteiger partial charge in [0.1, 0.15) is 11.2 Å². The van der Waals surface area contributed by atoms with Crippen LogP contribution in [-0.4, -0.2) is 25.1 Å².